The standard InChI is InChI=1S/C19H21N3O6/c1-13(18(23)20-12-15-5-4-10-27-15)28-19(24)14-6-7-16(17(11-14)22(25)26)21-8-2-3-9-21/h4-7,10-11,13H,2-3,8-9,12H2,1H3,(H,20,23)/t13-/m1/s1. The fraction of sp³-hybridized carbons (Fsp3) is 0.368. The average molecular weight is 387 g/mol. The molecule has 0 saturated carbocycles. The van der Waals surface area contributed by atoms with Crippen molar-refractivity contribution in [1.82, 2.24) is 5.32 Å². The van der Waals surface area contributed by atoms with Crippen LogP contribution in [0.2, 0.25) is 0 Å². The van der Waals surface area contributed by atoms with E-state index in [2.05, 4.69) is 5.32 Å². The number of anilines is 1. The first-order valence-corrected chi connectivity index (χ1v) is 9.00. The largest absolute Gasteiger partial charge is 0.467 e. The zero-order valence-electron chi connectivity index (χ0n) is 15.4. The summed E-state index contributed by atoms with van der Waals surface area (Å²) in [4.78, 5) is 37.3. The number of nitro groups is 1. The number of nitrogens with zero attached hydrogens (tertiary/aromatic N) is 2. The van der Waals surface area contributed by atoms with Crippen LogP contribution in [-0.4, -0.2) is 36.0 Å². The van der Waals surface area contributed by atoms with Crippen LogP contribution < -0.4 is 10.2 Å². The maximum atomic E-state index is 12.3. The lowest BCUT2D eigenvalue weighted by Crippen LogP contribution is -2.35. The molecule has 1 saturated heterocycles. The van der Waals surface area contributed by atoms with E-state index >= 15 is 0 Å². The van der Waals surface area contributed by atoms with E-state index in [1.807, 2.05) is 4.90 Å². The predicted octanol–water partition coefficient (Wildman–Crippen LogP) is 2.65. The summed E-state index contributed by atoms with van der Waals surface area (Å²) in [6, 6.07) is 7.64. The minimum atomic E-state index is -1.06. The van der Waals surface area contributed by atoms with Crippen molar-refractivity contribution in [3.8, 4) is 0 Å². The highest BCUT2D eigenvalue weighted by Gasteiger charge is 2.25. The summed E-state index contributed by atoms with van der Waals surface area (Å²) in [7, 11) is 0. The van der Waals surface area contributed by atoms with Gasteiger partial charge in [0, 0.05) is 19.2 Å². The molecular formula is C19H21N3O6. The van der Waals surface area contributed by atoms with E-state index < -0.39 is 22.9 Å². The third-order valence-electron chi connectivity index (χ3n) is 4.52. The predicted molar refractivity (Wildman–Crippen MR) is 100.0 cm³/mol. The van der Waals surface area contributed by atoms with Gasteiger partial charge in [0.15, 0.2) is 6.10 Å². The Balaban J connectivity index is 1.65. The molecule has 1 fully saturated rings. The van der Waals surface area contributed by atoms with Crippen molar-refractivity contribution in [3.05, 3.63) is 58.0 Å². The van der Waals surface area contributed by atoms with Crippen molar-refractivity contribution < 1.29 is 23.7 Å². The lowest BCUT2D eigenvalue weighted by Gasteiger charge is -2.18. The Morgan fingerprint density at radius 3 is 2.71 bits per heavy atom. The molecule has 1 amide bonds. The molecular weight excluding hydrogens is 366 g/mol. The molecule has 0 radical (unpaired) electrons. The Hall–Kier alpha value is -3.36. The van der Waals surface area contributed by atoms with Crippen molar-refractivity contribution in [1.29, 1.82) is 0 Å². The van der Waals surface area contributed by atoms with Gasteiger partial charge in [-0.2, -0.15) is 0 Å². The first-order chi connectivity index (χ1) is 13.5. The summed E-state index contributed by atoms with van der Waals surface area (Å²) in [6.07, 6.45) is 2.39. The van der Waals surface area contributed by atoms with E-state index in [1.165, 1.54) is 25.3 Å². The van der Waals surface area contributed by atoms with Gasteiger partial charge in [0.1, 0.15) is 11.4 Å². The maximum absolute atomic E-state index is 12.3. The summed E-state index contributed by atoms with van der Waals surface area (Å²) in [5, 5.41) is 14.0. The fourth-order valence-electron chi connectivity index (χ4n) is 3.04. The lowest BCUT2D eigenvalue weighted by molar-refractivity contribution is -0.384. The molecule has 3 rings (SSSR count). The van der Waals surface area contributed by atoms with Crippen LogP contribution in [0.15, 0.2) is 41.0 Å². The molecule has 1 atom stereocenters. The van der Waals surface area contributed by atoms with Gasteiger partial charge in [-0.1, -0.05) is 0 Å². The molecule has 2 heterocycles. The molecule has 9 heteroatoms. The summed E-state index contributed by atoms with van der Waals surface area (Å²) < 4.78 is 10.3. The molecule has 0 spiro atoms. The number of furan rings is 1. The van der Waals surface area contributed by atoms with Crippen LogP contribution in [0.5, 0.6) is 0 Å². The highest BCUT2D eigenvalue weighted by molar-refractivity contribution is 5.93. The number of carbonyl (C=O) groups excluding carboxylic acids is 2. The summed E-state index contributed by atoms with van der Waals surface area (Å²) in [5.41, 5.74) is 0.370. The molecule has 0 aliphatic carbocycles. The van der Waals surface area contributed by atoms with Crippen molar-refractivity contribution >= 4 is 23.3 Å². The van der Waals surface area contributed by atoms with E-state index in [0.29, 0.717) is 11.4 Å². The molecule has 1 aliphatic rings. The van der Waals surface area contributed by atoms with Crippen molar-refractivity contribution in [2.75, 3.05) is 18.0 Å². The second-order valence-corrected chi connectivity index (χ2v) is 6.50. The smallest absolute Gasteiger partial charge is 0.339 e. The van der Waals surface area contributed by atoms with Crippen LogP contribution in [-0.2, 0) is 16.1 Å². The molecule has 1 aliphatic heterocycles. The Labute approximate surface area is 161 Å². The van der Waals surface area contributed by atoms with Crippen molar-refractivity contribution in [2.45, 2.75) is 32.4 Å². The zero-order chi connectivity index (χ0) is 20.1. The van der Waals surface area contributed by atoms with Gasteiger partial charge in [-0.15, -0.1) is 0 Å². The topological polar surface area (TPSA) is 115 Å². The SMILES string of the molecule is C[C@@H](OC(=O)c1ccc(N2CCCC2)c([N+](=O)[O-])c1)C(=O)NCc1ccco1. The number of esters is 1. The monoisotopic (exact) mass is 387 g/mol. The normalized spacial score (nSPS) is 14.5. The number of amides is 1. The minimum Gasteiger partial charge on any atom is -0.467 e. The Morgan fingerprint density at radius 1 is 1.32 bits per heavy atom. The van der Waals surface area contributed by atoms with Gasteiger partial charge in [0.25, 0.3) is 11.6 Å². The summed E-state index contributed by atoms with van der Waals surface area (Å²) in [6.45, 7) is 3.10. The first kappa shape index (κ1) is 19.4. The second-order valence-electron chi connectivity index (χ2n) is 6.50. The maximum Gasteiger partial charge on any atom is 0.339 e. The molecule has 148 valence electrons. The van der Waals surface area contributed by atoms with Gasteiger partial charge in [-0.25, -0.2) is 4.79 Å². The summed E-state index contributed by atoms with van der Waals surface area (Å²) in [5.74, 6) is -0.718. The number of rotatable bonds is 7. The van der Waals surface area contributed by atoms with Crippen molar-refractivity contribution in [3.63, 3.8) is 0 Å². The number of ether oxygens (including phenoxy) is 1. The fourth-order valence-corrected chi connectivity index (χ4v) is 3.04. The van der Waals surface area contributed by atoms with E-state index in [1.54, 1.807) is 18.2 Å². The highest BCUT2D eigenvalue weighted by atomic mass is 16.6. The minimum absolute atomic E-state index is 0.0281. The van der Waals surface area contributed by atoms with Crippen LogP contribution in [0.4, 0.5) is 11.4 Å². The third kappa shape index (κ3) is 4.48. The molecule has 1 aromatic heterocycles. The number of nitro benzene ring substituents is 1. The Kier molecular flexibility index (Phi) is 5.93. The zero-order valence-corrected chi connectivity index (χ0v) is 15.4. The number of nitrogens with one attached hydrogen (secondary N) is 1. The third-order valence-corrected chi connectivity index (χ3v) is 4.52. The number of hydrogen-bond acceptors (Lipinski definition) is 7. The van der Waals surface area contributed by atoms with E-state index in [4.69, 9.17) is 9.15 Å². The molecule has 0 bridgehead atoms. The molecule has 1 N–H and O–H groups in total. The van der Waals surface area contributed by atoms with Crippen molar-refractivity contribution in [2.24, 2.45) is 0 Å². The average Bonchev–Trinajstić information content (AvgIpc) is 3.39. The van der Waals surface area contributed by atoms with Gasteiger partial charge in [-0.05, 0) is 44.0 Å². The second kappa shape index (κ2) is 8.55. The van der Waals surface area contributed by atoms with Gasteiger partial charge >= 0.3 is 5.97 Å². The number of carbonyl (C=O) groups is 2. The number of benzene rings is 1. The molecule has 9 nitrogen and oxygen atoms in total. The molecule has 2 aromatic rings. The van der Waals surface area contributed by atoms with Crippen LogP contribution in [0.1, 0.15) is 35.9 Å². The van der Waals surface area contributed by atoms with Gasteiger partial charge in [0.05, 0.1) is 23.3 Å². The molecule has 1 aromatic carbocycles. The van der Waals surface area contributed by atoms with Gasteiger partial charge in [-0.3, -0.25) is 14.9 Å². The van der Waals surface area contributed by atoms with Gasteiger partial charge in [0.2, 0.25) is 0 Å². The molecule has 28 heavy (non-hydrogen) atoms. The lowest BCUT2D eigenvalue weighted by atomic mass is 10.1. The van der Waals surface area contributed by atoms with Crippen LogP contribution >= 0.6 is 0 Å². The van der Waals surface area contributed by atoms with Crippen LogP contribution in [0.25, 0.3) is 0 Å². The van der Waals surface area contributed by atoms with E-state index in [0.717, 1.165) is 25.9 Å². The highest BCUT2D eigenvalue weighted by Crippen LogP contribution is 2.31. The van der Waals surface area contributed by atoms with Gasteiger partial charge < -0.3 is 19.4 Å². The van der Waals surface area contributed by atoms with E-state index in [9.17, 15) is 19.7 Å². The quantitative estimate of drug-likeness (QED) is 0.441. The van der Waals surface area contributed by atoms with E-state index in [-0.39, 0.29) is 17.8 Å². The Morgan fingerprint density at radius 2 is 2.07 bits per heavy atom. The number of hydrogen-bond donors (Lipinski definition) is 1. The first-order valence-electron chi connectivity index (χ1n) is 9.00. The summed E-state index contributed by atoms with van der Waals surface area (Å²) >= 11 is 0. The van der Waals surface area contributed by atoms with Crippen LogP contribution in [0, 0.1) is 10.1 Å². The molecule has 0 unspecified atom stereocenters. The van der Waals surface area contributed by atoms with Crippen LogP contribution in [0.3, 0.4) is 0 Å². The Bertz CT molecular complexity index is 859.